The molecule has 1 fully saturated rings. The summed E-state index contributed by atoms with van der Waals surface area (Å²) in [6, 6.07) is 12.2. The fourth-order valence-electron chi connectivity index (χ4n) is 4.96. The Hall–Kier alpha value is -3.46. The lowest BCUT2D eigenvalue weighted by atomic mass is 10.1. The predicted octanol–water partition coefficient (Wildman–Crippen LogP) is 6.52. The number of rotatable bonds is 8. The maximum Gasteiger partial charge on any atom is 0.410 e. The van der Waals surface area contributed by atoms with Crippen molar-refractivity contribution in [1.82, 2.24) is 19.0 Å². The van der Waals surface area contributed by atoms with E-state index in [4.69, 9.17) is 19.2 Å². The molecule has 1 aliphatic heterocycles. The van der Waals surface area contributed by atoms with Gasteiger partial charge >= 0.3 is 6.09 Å². The van der Waals surface area contributed by atoms with Crippen molar-refractivity contribution in [2.24, 2.45) is 7.05 Å². The SMILES string of the molecule is CCc1cnc(-c2cc3sccc3n2C)n1CCOc1ccc(OC2CCN(C(=O)OC(C)(C)C)CC2)cc1. The summed E-state index contributed by atoms with van der Waals surface area (Å²) in [4.78, 5) is 18.8. The second kappa shape index (κ2) is 11.3. The van der Waals surface area contributed by atoms with Gasteiger partial charge in [-0.05, 0) is 69.0 Å². The largest absolute Gasteiger partial charge is 0.492 e. The lowest BCUT2D eigenvalue weighted by Gasteiger charge is -2.33. The van der Waals surface area contributed by atoms with Crippen molar-refractivity contribution in [2.45, 2.75) is 65.2 Å². The highest BCUT2D eigenvalue weighted by Crippen LogP contribution is 2.31. The van der Waals surface area contributed by atoms with Gasteiger partial charge in [0.15, 0.2) is 5.82 Å². The topological polar surface area (TPSA) is 70.8 Å². The van der Waals surface area contributed by atoms with Crippen molar-refractivity contribution in [3.05, 3.63) is 53.7 Å². The minimum Gasteiger partial charge on any atom is -0.492 e. The molecule has 3 aromatic heterocycles. The van der Waals surface area contributed by atoms with E-state index >= 15 is 0 Å². The molecule has 208 valence electrons. The summed E-state index contributed by atoms with van der Waals surface area (Å²) < 4.78 is 23.5. The van der Waals surface area contributed by atoms with Gasteiger partial charge in [0.1, 0.15) is 29.8 Å². The Morgan fingerprint density at radius 3 is 2.49 bits per heavy atom. The zero-order valence-electron chi connectivity index (χ0n) is 23.5. The van der Waals surface area contributed by atoms with Gasteiger partial charge in [-0.2, -0.15) is 0 Å². The van der Waals surface area contributed by atoms with Crippen LogP contribution in [-0.4, -0.2) is 56.5 Å². The highest BCUT2D eigenvalue weighted by molar-refractivity contribution is 7.17. The number of hydrogen-bond acceptors (Lipinski definition) is 6. The van der Waals surface area contributed by atoms with Gasteiger partial charge in [0, 0.05) is 44.9 Å². The number of carbonyl (C=O) groups is 1. The molecule has 1 aromatic carbocycles. The normalized spacial score (nSPS) is 14.6. The molecule has 0 unspecified atom stereocenters. The van der Waals surface area contributed by atoms with Crippen molar-refractivity contribution >= 4 is 27.6 Å². The molecule has 1 saturated heterocycles. The average molecular weight is 551 g/mol. The molecular formula is C30H38N4O4S. The fourth-order valence-corrected chi connectivity index (χ4v) is 5.81. The lowest BCUT2D eigenvalue weighted by Crippen LogP contribution is -2.44. The van der Waals surface area contributed by atoms with Crippen LogP contribution in [0.2, 0.25) is 0 Å². The van der Waals surface area contributed by atoms with Gasteiger partial charge in [0.05, 0.1) is 22.5 Å². The molecule has 0 bridgehead atoms. The highest BCUT2D eigenvalue weighted by atomic mass is 32.1. The minimum absolute atomic E-state index is 0.0790. The summed E-state index contributed by atoms with van der Waals surface area (Å²) in [7, 11) is 2.10. The van der Waals surface area contributed by atoms with E-state index in [-0.39, 0.29) is 12.2 Å². The molecule has 5 rings (SSSR count). The van der Waals surface area contributed by atoms with Gasteiger partial charge in [0.25, 0.3) is 0 Å². The van der Waals surface area contributed by atoms with Gasteiger partial charge < -0.3 is 28.2 Å². The van der Waals surface area contributed by atoms with Crippen LogP contribution in [0.3, 0.4) is 0 Å². The molecule has 0 radical (unpaired) electrons. The first kappa shape index (κ1) is 27.1. The van der Waals surface area contributed by atoms with Crippen LogP contribution in [0.25, 0.3) is 21.7 Å². The van der Waals surface area contributed by atoms with Crippen molar-refractivity contribution in [2.75, 3.05) is 19.7 Å². The van der Waals surface area contributed by atoms with Crippen molar-refractivity contribution in [1.29, 1.82) is 0 Å². The molecule has 0 saturated carbocycles. The number of carbonyl (C=O) groups excluding carboxylic acids is 1. The zero-order chi connectivity index (χ0) is 27.6. The van der Waals surface area contributed by atoms with E-state index in [2.05, 4.69) is 40.6 Å². The number of aryl methyl sites for hydroxylation is 2. The number of hydrogen-bond donors (Lipinski definition) is 0. The highest BCUT2D eigenvalue weighted by Gasteiger charge is 2.27. The monoisotopic (exact) mass is 550 g/mol. The Kier molecular flexibility index (Phi) is 7.88. The second-order valence-electron chi connectivity index (χ2n) is 10.9. The third-order valence-electron chi connectivity index (χ3n) is 7.00. The molecule has 39 heavy (non-hydrogen) atoms. The molecule has 1 aliphatic rings. The van der Waals surface area contributed by atoms with E-state index in [1.807, 2.05) is 51.2 Å². The molecule has 0 aliphatic carbocycles. The van der Waals surface area contributed by atoms with Crippen LogP contribution in [0.5, 0.6) is 11.5 Å². The van der Waals surface area contributed by atoms with Gasteiger partial charge in [-0.25, -0.2) is 9.78 Å². The van der Waals surface area contributed by atoms with E-state index in [1.165, 1.54) is 15.9 Å². The first-order chi connectivity index (χ1) is 18.7. The number of piperidine rings is 1. The molecular weight excluding hydrogens is 512 g/mol. The van der Waals surface area contributed by atoms with E-state index in [9.17, 15) is 4.79 Å². The molecule has 9 heteroatoms. The molecule has 0 spiro atoms. The number of likely N-dealkylation sites (tertiary alicyclic amines) is 1. The predicted molar refractivity (Wildman–Crippen MR) is 155 cm³/mol. The summed E-state index contributed by atoms with van der Waals surface area (Å²) in [6.07, 6.45) is 4.28. The van der Waals surface area contributed by atoms with Crippen molar-refractivity contribution in [3.63, 3.8) is 0 Å². The summed E-state index contributed by atoms with van der Waals surface area (Å²) in [5.74, 6) is 2.59. The number of imidazole rings is 1. The molecule has 4 heterocycles. The van der Waals surface area contributed by atoms with Crippen LogP contribution < -0.4 is 9.47 Å². The maximum atomic E-state index is 12.3. The molecule has 0 N–H and O–H groups in total. The van der Waals surface area contributed by atoms with Crippen LogP contribution in [0, 0.1) is 0 Å². The smallest absolute Gasteiger partial charge is 0.410 e. The molecule has 0 atom stereocenters. The first-order valence-corrected chi connectivity index (χ1v) is 14.5. The Bertz CT molecular complexity index is 1410. The molecule has 8 nitrogen and oxygen atoms in total. The number of aromatic nitrogens is 3. The fraction of sp³-hybridized carbons (Fsp3) is 0.467. The van der Waals surface area contributed by atoms with Gasteiger partial charge in [-0.15, -0.1) is 11.3 Å². The molecule has 4 aromatic rings. The Morgan fingerprint density at radius 2 is 1.82 bits per heavy atom. The number of ether oxygens (including phenoxy) is 3. The third kappa shape index (κ3) is 6.24. The van der Waals surface area contributed by atoms with E-state index in [0.29, 0.717) is 26.2 Å². The summed E-state index contributed by atoms with van der Waals surface area (Å²) in [5, 5.41) is 2.12. The quantitative estimate of drug-likeness (QED) is 0.250. The van der Waals surface area contributed by atoms with Gasteiger partial charge in [-0.1, -0.05) is 6.92 Å². The average Bonchev–Trinajstić information content (AvgIpc) is 3.60. The number of benzene rings is 1. The van der Waals surface area contributed by atoms with E-state index < -0.39 is 5.60 Å². The Labute approximate surface area is 234 Å². The van der Waals surface area contributed by atoms with E-state index in [1.54, 1.807) is 16.2 Å². The Morgan fingerprint density at radius 1 is 1.10 bits per heavy atom. The number of fused-ring (bicyclic) bond motifs is 1. The van der Waals surface area contributed by atoms with Crippen LogP contribution >= 0.6 is 11.3 Å². The Balaban J connectivity index is 1.13. The van der Waals surface area contributed by atoms with Crippen LogP contribution in [0.15, 0.2) is 48.0 Å². The zero-order valence-corrected chi connectivity index (χ0v) is 24.3. The molecule has 1 amide bonds. The lowest BCUT2D eigenvalue weighted by molar-refractivity contribution is 0.0126. The maximum absolute atomic E-state index is 12.3. The summed E-state index contributed by atoms with van der Waals surface area (Å²) in [5.41, 5.74) is 3.07. The number of thiophene rings is 1. The van der Waals surface area contributed by atoms with Crippen molar-refractivity contribution in [3.8, 4) is 23.0 Å². The number of amides is 1. The van der Waals surface area contributed by atoms with Gasteiger partial charge in [0.2, 0.25) is 0 Å². The van der Waals surface area contributed by atoms with Crippen LogP contribution in [0.1, 0.15) is 46.2 Å². The summed E-state index contributed by atoms with van der Waals surface area (Å²) in [6.45, 7) is 10.3. The van der Waals surface area contributed by atoms with E-state index in [0.717, 1.165) is 42.3 Å². The summed E-state index contributed by atoms with van der Waals surface area (Å²) >= 11 is 1.75. The van der Waals surface area contributed by atoms with Crippen molar-refractivity contribution < 1.29 is 19.0 Å². The van der Waals surface area contributed by atoms with Crippen LogP contribution in [-0.2, 0) is 24.8 Å². The number of nitrogens with zero attached hydrogens (tertiary/aromatic N) is 4. The minimum atomic E-state index is -0.480. The third-order valence-corrected chi connectivity index (χ3v) is 7.85. The first-order valence-electron chi connectivity index (χ1n) is 13.7. The van der Waals surface area contributed by atoms with Gasteiger partial charge in [-0.3, -0.25) is 0 Å². The van der Waals surface area contributed by atoms with Crippen LogP contribution in [0.4, 0.5) is 4.79 Å². The second-order valence-corrected chi connectivity index (χ2v) is 11.9. The standard InChI is InChI=1S/C30H38N4O4S/c1-6-21-20-31-28(26-19-27-25(32(26)5)13-18-39-27)34(21)16-17-36-22-7-9-23(10-8-22)37-24-11-14-33(15-12-24)29(35)38-30(2,3)4/h7-10,13,18-20,24H,6,11-12,14-17H2,1-5H3.